The number of benzene rings is 1. The molecule has 0 saturated heterocycles. The van der Waals surface area contributed by atoms with E-state index in [2.05, 4.69) is 11.2 Å². The first-order valence-corrected chi connectivity index (χ1v) is 4.66. The highest BCUT2D eigenvalue weighted by molar-refractivity contribution is 5.49. The molecule has 1 aromatic carbocycles. The van der Waals surface area contributed by atoms with Gasteiger partial charge < -0.3 is 0 Å². The third-order valence-electron chi connectivity index (χ3n) is 2.69. The van der Waals surface area contributed by atoms with Gasteiger partial charge in [0.2, 0.25) is 0 Å². The number of nitrogens with zero attached hydrogens (tertiary/aromatic N) is 2. The zero-order chi connectivity index (χ0) is 9.97. The lowest BCUT2D eigenvalue weighted by atomic mass is 9.75. The van der Waals surface area contributed by atoms with E-state index in [4.69, 9.17) is 5.26 Å². The molecule has 1 aromatic rings. The molecule has 0 aliphatic heterocycles. The van der Waals surface area contributed by atoms with Gasteiger partial charge in [-0.05, 0) is 29.5 Å². The molecule has 1 atom stereocenters. The molecule has 0 amide bonds. The Bertz CT molecular complexity index is 406. The topological polar surface area (TPSA) is 53.2 Å². The highest BCUT2D eigenvalue weighted by Crippen LogP contribution is 2.37. The molecule has 1 aliphatic carbocycles. The van der Waals surface area contributed by atoms with Crippen molar-refractivity contribution in [2.24, 2.45) is 5.18 Å². The van der Waals surface area contributed by atoms with Crippen LogP contribution in [0.3, 0.4) is 0 Å². The largest absolute Gasteiger partial charge is 0.198 e. The fourth-order valence-corrected chi connectivity index (χ4v) is 1.98. The zero-order valence-corrected chi connectivity index (χ0v) is 7.73. The Morgan fingerprint density at radius 1 is 1.57 bits per heavy atom. The predicted octanol–water partition coefficient (Wildman–Crippen LogP) is 2.16. The predicted molar refractivity (Wildman–Crippen MR) is 52.9 cm³/mol. The van der Waals surface area contributed by atoms with E-state index in [1.54, 1.807) is 0 Å². The third-order valence-corrected chi connectivity index (χ3v) is 2.69. The number of hydrogen-bond acceptors (Lipinski definition) is 3. The van der Waals surface area contributed by atoms with Gasteiger partial charge in [-0.1, -0.05) is 23.4 Å². The first-order valence-electron chi connectivity index (χ1n) is 4.66. The summed E-state index contributed by atoms with van der Waals surface area (Å²) in [6, 6.07) is 8.27. The second kappa shape index (κ2) is 3.59. The fourth-order valence-electron chi connectivity index (χ4n) is 1.98. The van der Waals surface area contributed by atoms with Crippen LogP contribution in [0.15, 0.2) is 23.4 Å². The average molecular weight is 186 g/mol. The van der Waals surface area contributed by atoms with Gasteiger partial charge in [0.1, 0.15) is 0 Å². The molecule has 14 heavy (non-hydrogen) atoms. The van der Waals surface area contributed by atoms with Crippen molar-refractivity contribution in [3.63, 3.8) is 0 Å². The molecule has 3 nitrogen and oxygen atoms in total. The Morgan fingerprint density at radius 2 is 2.43 bits per heavy atom. The van der Waals surface area contributed by atoms with Gasteiger partial charge in [0.25, 0.3) is 0 Å². The standard InChI is InChI=1S/C11H10N2O/c12-7-10-6-9-3-1-2-8(11(9)10)4-5-13-14/h1-3,10H,4-6H2. The van der Waals surface area contributed by atoms with Gasteiger partial charge in [-0.25, -0.2) is 0 Å². The lowest BCUT2D eigenvalue weighted by Crippen LogP contribution is -2.18. The summed E-state index contributed by atoms with van der Waals surface area (Å²) in [6.45, 7) is 0.300. The van der Waals surface area contributed by atoms with Gasteiger partial charge in [0.05, 0.1) is 18.5 Å². The maximum atomic E-state index is 10.0. The van der Waals surface area contributed by atoms with Crippen LogP contribution in [0.25, 0.3) is 0 Å². The zero-order valence-electron chi connectivity index (χ0n) is 7.73. The minimum absolute atomic E-state index is 0.0350. The highest BCUT2D eigenvalue weighted by Gasteiger charge is 2.27. The van der Waals surface area contributed by atoms with Crippen LogP contribution in [0.4, 0.5) is 0 Å². The van der Waals surface area contributed by atoms with E-state index in [1.807, 2.05) is 18.2 Å². The van der Waals surface area contributed by atoms with Gasteiger partial charge in [0.15, 0.2) is 0 Å². The molecule has 0 N–H and O–H groups in total. The molecule has 0 aromatic heterocycles. The van der Waals surface area contributed by atoms with Gasteiger partial charge in [-0.3, -0.25) is 0 Å². The molecule has 0 fully saturated rings. The summed E-state index contributed by atoms with van der Waals surface area (Å²) in [4.78, 5) is 10.0. The van der Waals surface area contributed by atoms with Crippen molar-refractivity contribution in [2.45, 2.75) is 18.8 Å². The van der Waals surface area contributed by atoms with Crippen LogP contribution in [0, 0.1) is 16.2 Å². The summed E-state index contributed by atoms with van der Waals surface area (Å²) in [5.41, 5.74) is 3.50. The second-order valence-electron chi connectivity index (χ2n) is 3.48. The summed E-state index contributed by atoms with van der Waals surface area (Å²) < 4.78 is 0. The van der Waals surface area contributed by atoms with Crippen LogP contribution < -0.4 is 0 Å². The maximum Gasteiger partial charge on any atom is 0.0851 e. The van der Waals surface area contributed by atoms with Crippen molar-refractivity contribution in [1.82, 2.24) is 0 Å². The maximum absolute atomic E-state index is 10.0. The fraction of sp³-hybridized carbons (Fsp3) is 0.364. The lowest BCUT2D eigenvalue weighted by Gasteiger charge is -2.27. The Hall–Kier alpha value is -1.69. The third kappa shape index (κ3) is 1.29. The van der Waals surface area contributed by atoms with Crippen molar-refractivity contribution in [1.29, 1.82) is 5.26 Å². The quantitative estimate of drug-likeness (QED) is 0.679. The Kier molecular flexibility index (Phi) is 2.28. The second-order valence-corrected chi connectivity index (χ2v) is 3.48. The van der Waals surface area contributed by atoms with Crippen LogP contribution in [0.2, 0.25) is 0 Å². The normalized spacial score (nSPS) is 17.8. The number of rotatable bonds is 3. The van der Waals surface area contributed by atoms with E-state index >= 15 is 0 Å². The minimum atomic E-state index is 0.0350. The molecule has 1 aliphatic rings. The highest BCUT2D eigenvalue weighted by atomic mass is 16.3. The number of hydrogen-bond donors (Lipinski definition) is 0. The Labute approximate surface area is 82.3 Å². The smallest absolute Gasteiger partial charge is 0.0851 e. The lowest BCUT2D eigenvalue weighted by molar-refractivity contribution is 0.723. The molecule has 70 valence electrons. The SMILES string of the molecule is N#CC1Cc2cccc(CCN=O)c21. The van der Waals surface area contributed by atoms with E-state index in [0.717, 1.165) is 17.5 Å². The first kappa shape index (κ1) is 8.89. The Balaban J connectivity index is 2.28. The van der Waals surface area contributed by atoms with E-state index in [-0.39, 0.29) is 5.92 Å². The molecule has 2 rings (SSSR count). The van der Waals surface area contributed by atoms with Crippen molar-refractivity contribution in [3.8, 4) is 6.07 Å². The molecule has 0 saturated carbocycles. The van der Waals surface area contributed by atoms with E-state index in [1.165, 1.54) is 5.56 Å². The van der Waals surface area contributed by atoms with Gasteiger partial charge in [-0.15, -0.1) is 0 Å². The average Bonchev–Trinajstić information content (AvgIpc) is 2.17. The number of nitriles is 1. The summed E-state index contributed by atoms with van der Waals surface area (Å²) in [5.74, 6) is 0.0350. The molecular weight excluding hydrogens is 176 g/mol. The van der Waals surface area contributed by atoms with Gasteiger partial charge in [0, 0.05) is 0 Å². The molecule has 0 heterocycles. The van der Waals surface area contributed by atoms with Crippen molar-refractivity contribution in [3.05, 3.63) is 39.8 Å². The summed E-state index contributed by atoms with van der Waals surface area (Å²) in [7, 11) is 0. The van der Waals surface area contributed by atoms with E-state index in [9.17, 15) is 4.91 Å². The monoisotopic (exact) mass is 186 g/mol. The number of nitroso groups, excluding NO2 is 1. The van der Waals surface area contributed by atoms with Crippen molar-refractivity contribution in [2.75, 3.05) is 6.54 Å². The van der Waals surface area contributed by atoms with Crippen LogP contribution in [0.1, 0.15) is 22.6 Å². The van der Waals surface area contributed by atoms with Crippen LogP contribution in [0.5, 0.6) is 0 Å². The summed E-state index contributed by atoms with van der Waals surface area (Å²) in [5, 5.41) is 11.7. The summed E-state index contributed by atoms with van der Waals surface area (Å²) >= 11 is 0. The van der Waals surface area contributed by atoms with Crippen LogP contribution in [-0.2, 0) is 12.8 Å². The van der Waals surface area contributed by atoms with Crippen molar-refractivity contribution >= 4 is 0 Å². The first-order chi connectivity index (χ1) is 6.86. The molecule has 0 bridgehead atoms. The van der Waals surface area contributed by atoms with Gasteiger partial charge >= 0.3 is 0 Å². The molecule has 0 spiro atoms. The molecule has 0 radical (unpaired) electrons. The van der Waals surface area contributed by atoms with Crippen molar-refractivity contribution < 1.29 is 0 Å². The molecule has 3 heteroatoms. The molecular formula is C11H10N2O. The summed E-state index contributed by atoms with van der Waals surface area (Å²) in [6.07, 6.45) is 1.51. The van der Waals surface area contributed by atoms with Gasteiger partial charge in [-0.2, -0.15) is 10.2 Å². The Morgan fingerprint density at radius 3 is 3.14 bits per heavy atom. The van der Waals surface area contributed by atoms with E-state index in [0.29, 0.717) is 13.0 Å². The van der Waals surface area contributed by atoms with E-state index < -0.39 is 0 Å². The van der Waals surface area contributed by atoms with Crippen LogP contribution >= 0.6 is 0 Å². The van der Waals surface area contributed by atoms with Crippen LogP contribution in [-0.4, -0.2) is 6.54 Å². The minimum Gasteiger partial charge on any atom is -0.198 e. The number of fused-ring (bicyclic) bond motifs is 1. The molecule has 1 unspecified atom stereocenters.